The lowest BCUT2D eigenvalue weighted by molar-refractivity contribution is -0.139. The second-order valence-electron chi connectivity index (χ2n) is 8.00. The van der Waals surface area contributed by atoms with E-state index >= 15 is 0 Å². The van der Waals surface area contributed by atoms with Crippen molar-refractivity contribution in [2.24, 2.45) is 0 Å². The number of benzene rings is 2. The summed E-state index contributed by atoms with van der Waals surface area (Å²) in [7, 11) is -3.79. The van der Waals surface area contributed by atoms with Gasteiger partial charge in [0.15, 0.2) is 0 Å². The molecule has 7 nitrogen and oxygen atoms in total. The van der Waals surface area contributed by atoms with E-state index in [9.17, 15) is 18.0 Å². The van der Waals surface area contributed by atoms with Crippen LogP contribution < -0.4 is 9.62 Å². The Hall–Kier alpha value is -1.81. The lowest BCUT2D eigenvalue weighted by atomic mass is 10.1. The number of halogens is 3. The molecular formula is C23H28BrCl2N3O4S. The lowest BCUT2D eigenvalue weighted by Crippen LogP contribution is -2.52. The monoisotopic (exact) mass is 591 g/mol. The van der Waals surface area contributed by atoms with Crippen LogP contribution in [0.2, 0.25) is 10.0 Å². The molecule has 0 saturated heterocycles. The predicted molar refractivity (Wildman–Crippen MR) is 141 cm³/mol. The molecule has 0 aromatic heterocycles. The molecule has 2 aromatic rings. The third-order valence-corrected chi connectivity index (χ3v) is 7.57. The third kappa shape index (κ3) is 7.86. The maximum absolute atomic E-state index is 13.5. The highest BCUT2D eigenvalue weighted by Crippen LogP contribution is 2.25. The largest absolute Gasteiger partial charge is 0.352 e. The van der Waals surface area contributed by atoms with Crippen molar-refractivity contribution < 1.29 is 18.0 Å². The van der Waals surface area contributed by atoms with Gasteiger partial charge in [0.2, 0.25) is 21.8 Å². The molecule has 11 heteroatoms. The molecule has 0 fully saturated rings. The molecule has 186 valence electrons. The molecule has 0 unspecified atom stereocenters. The van der Waals surface area contributed by atoms with E-state index in [4.69, 9.17) is 23.2 Å². The smallest absolute Gasteiger partial charge is 0.244 e. The topological polar surface area (TPSA) is 86.8 Å². The summed E-state index contributed by atoms with van der Waals surface area (Å²) in [6, 6.07) is 10.5. The zero-order valence-electron chi connectivity index (χ0n) is 19.4. The number of carbonyl (C=O) groups excluding carboxylic acids is 2. The highest BCUT2D eigenvalue weighted by Gasteiger charge is 2.30. The van der Waals surface area contributed by atoms with E-state index in [1.54, 1.807) is 49.4 Å². The summed E-state index contributed by atoms with van der Waals surface area (Å²) in [6.45, 7) is 4.93. The summed E-state index contributed by atoms with van der Waals surface area (Å²) in [5.74, 6) is -0.895. The molecule has 0 aliphatic rings. The van der Waals surface area contributed by atoms with Crippen LogP contribution in [0.5, 0.6) is 0 Å². The van der Waals surface area contributed by atoms with E-state index in [-0.39, 0.29) is 18.5 Å². The Balaban J connectivity index is 2.41. The molecule has 0 bridgehead atoms. The summed E-state index contributed by atoms with van der Waals surface area (Å²) in [6.07, 6.45) is 1.75. The minimum absolute atomic E-state index is 0.00185. The minimum Gasteiger partial charge on any atom is -0.352 e. The van der Waals surface area contributed by atoms with Crippen molar-refractivity contribution in [2.45, 2.75) is 45.8 Å². The number of carbonyl (C=O) groups is 2. The van der Waals surface area contributed by atoms with Crippen molar-refractivity contribution in [1.29, 1.82) is 0 Å². The molecule has 0 heterocycles. The highest BCUT2D eigenvalue weighted by molar-refractivity contribution is 9.10. The Labute approximate surface area is 219 Å². The summed E-state index contributed by atoms with van der Waals surface area (Å²) >= 11 is 15.6. The van der Waals surface area contributed by atoms with Gasteiger partial charge in [-0.2, -0.15) is 0 Å². The molecule has 1 N–H and O–H groups in total. The van der Waals surface area contributed by atoms with Crippen LogP contribution >= 0.6 is 39.1 Å². The molecule has 34 heavy (non-hydrogen) atoms. The summed E-state index contributed by atoms with van der Waals surface area (Å²) in [5, 5.41) is 3.65. The van der Waals surface area contributed by atoms with Gasteiger partial charge in [-0.15, -0.1) is 0 Å². The molecular weight excluding hydrogens is 565 g/mol. The van der Waals surface area contributed by atoms with E-state index < -0.39 is 28.5 Å². The molecule has 0 aliphatic carbocycles. The van der Waals surface area contributed by atoms with E-state index in [2.05, 4.69) is 21.2 Å². The van der Waals surface area contributed by atoms with Crippen LogP contribution in [0.1, 0.15) is 32.8 Å². The number of anilines is 1. The summed E-state index contributed by atoms with van der Waals surface area (Å²) in [4.78, 5) is 27.7. The molecule has 0 aliphatic heterocycles. The van der Waals surface area contributed by atoms with Gasteiger partial charge in [-0.25, -0.2) is 8.42 Å². The number of nitrogens with one attached hydrogen (secondary N) is 1. The van der Waals surface area contributed by atoms with Crippen molar-refractivity contribution >= 4 is 66.7 Å². The number of hydrogen-bond donors (Lipinski definition) is 1. The summed E-state index contributed by atoms with van der Waals surface area (Å²) in [5.41, 5.74) is 0.914. The van der Waals surface area contributed by atoms with Crippen LogP contribution in [0, 0.1) is 0 Å². The van der Waals surface area contributed by atoms with Crippen LogP contribution in [0.15, 0.2) is 46.9 Å². The number of amides is 2. The summed E-state index contributed by atoms with van der Waals surface area (Å²) < 4.78 is 26.9. The van der Waals surface area contributed by atoms with Gasteiger partial charge in [0.1, 0.15) is 12.6 Å². The average molecular weight is 593 g/mol. The predicted octanol–water partition coefficient (Wildman–Crippen LogP) is 4.85. The van der Waals surface area contributed by atoms with Gasteiger partial charge in [0.25, 0.3) is 0 Å². The fourth-order valence-electron chi connectivity index (χ4n) is 3.10. The first-order valence-corrected chi connectivity index (χ1v) is 14.0. The van der Waals surface area contributed by atoms with Crippen molar-refractivity contribution in [3.8, 4) is 0 Å². The molecule has 2 amide bonds. The first-order chi connectivity index (χ1) is 15.8. The van der Waals surface area contributed by atoms with E-state index in [1.807, 2.05) is 13.8 Å². The minimum atomic E-state index is -3.79. The highest BCUT2D eigenvalue weighted by atomic mass is 79.9. The first kappa shape index (κ1) is 28.4. The van der Waals surface area contributed by atoms with Gasteiger partial charge < -0.3 is 10.2 Å². The van der Waals surface area contributed by atoms with Crippen molar-refractivity contribution in [1.82, 2.24) is 10.2 Å². The van der Waals surface area contributed by atoms with Crippen molar-refractivity contribution in [3.63, 3.8) is 0 Å². The van der Waals surface area contributed by atoms with Crippen LogP contribution in [0.25, 0.3) is 0 Å². The van der Waals surface area contributed by atoms with Crippen LogP contribution in [-0.4, -0.2) is 50.0 Å². The molecule has 0 saturated carbocycles. The fraction of sp³-hybridized carbons (Fsp3) is 0.391. The van der Waals surface area contributed by atoms with Gasteiger partial charge in [0, 0.05) is 27.1 Å². The van der Waals surface area contributed by atoms with Gasteiger partial charge >= 0.3 is 0 Å². The van der Waals surface area contributed by atoms with Crippen LogP contribution in [-0.2, 0) is 26.2 Å². The van der Waals surface area contributed by atoms with Crippen molar-refractivity contribution in [2.75, 3.05) is 17.1 Å². The van der Waals surface area contributed by atoms with Gasteiger partial charge in [0.05, 0.1) is 11.9 Å². The third-order valence-electron chi connectivity index (χ3n) is 5.32. The number of sulfonamides is 1. The zero-order valence-corrected chi connectivity index (χ0v) is 23.3. The fourth-order valence-corrected chi connectivity index (χ4v) is 4.68. The maximum atomic E-state index is 13.5. The number of hydrogen-bond acceptors (Lipinski definition) is 4. The molecule has 0 spiro atoms. The Morgan fingerprint density at radius 1 is 1.09 bits per heavy atom. The Morgan fingerprint density at radius 2 is 1.71 bits per heavy atom. The maximum Gasteiger partial charge on any atom is 0.244 e. The first-order valence-electron chi connectivity index (χ1n) is 10.6. The van der Waals surface area contributed by atoms with Gasteiger partial charge in [-0.05, 0) is 62.2 Å². The Morgan fingerprint density at radius 3 is 2.24 bits per heavy atom. The standard InChI is InChI=1S/C23H28BrCl2N3O4S/c1-5-15(2)27-23(31)16(3)28(13-17-6-9-19(25)12-21(17)26)22(30)14-29(34(4,32)33)20-10-7-18(24)8-11-20/h6-12,15-16H,5,13-14H2,1-4H3,(H,27,31)/t15-,16-/m0/s1. The zero-order chi connectivity index (χ0) is 25.6. The SMILES string of the molecule is CC[C@H](C)NC(=O)[C@H](C)N(Cc1ccc(Cl)cc1Cl)C(=O)CN(c1ccc(Br)cc1)S(C)(=O)=O. The van der Waals surface area contributed by atoms with E-state index in [0.717, 1.165) is 21.5 Å². The van der Waals surface area contributed by atoms with E-state index in [1.165, 1.54) is 4.90 Å². The molecule has 2 atom stereocenters. The normalized spacial score (nSPS) is 13.1. The van der Waals surface area contributed by atoms with Gasteiger partial charge in [-0.3, -0.25) is 13.9 Å². The van der Waals surface area contributed by atoms with E-state index in [0.29, 0.717) is 21.3 Å². The second-order valence-corrected chi connectivity index (χ2v) is 11.7. The molecule has 2 rings (SSSR count). The number of rotatable bonds is 10. The quantitative estimate of drug-likeness (QED) is 0.427. The Kier molecular flexibility index (Phi) is 10.2. The van der Waals surface area contributed by atoms with Gasteiger partial charge in [-0.1, -0.05) is 52.1 Å². The lowest BCUT2D eigenvalue weighted by Gasteiger charge is -2.32. The second kappa shape index (κ2) is 12.2. The van der Waals surface area contributed by atoms with Crippen LogP contribution in [0.4, 0.5) is 5.69 Å². The van der Waals surface area contributed by atoms with Crippen LogP contribution in [0.3, 0.4) is 0 Å². The average Bonchev–Trinajstić information content (AvgIpc) is 2.76. The molecule has 2 aromatic carbocycles. The Bertz CT molecular complexity index is 1130. The van der Waals surface area contributed by atoms with Crippen molar-refractivity contribution in [3.05, 3.63) is 62.5 Å². The molecule has 0 radical (unpaired) electrons. The number of nitrogens with zero attached hydrogens (tertiary/aromatic N) is 2.